The number of ether oxygens (including phenoxy) is 10. The Morgan fingerprint density at radius 1 is 0.760 bits per heavy atom. The van der Waals surface area contributed by atoms with Gasteiger partial charge < -0.3 is 52.5 Å². The molecule has 12 nitrogen and oxygen atoms in total. The number of hydrogen-bond acceptors (Lipinski definition) is 12. The van der Waals surface area contributed by atoms with Crippen LogP contribution in [0.1, 0.15) is 84.0 Å². The number of hydrogen-bond donors (Lipinski definition) is 1. The molecule has 10 rings (SSSR count). The van der Waals surface area contributed by atoms with Gasteiger partial charge in [-0.3, -0.25) is 4.79 Å². The molecule has 0 aromatic rings. The molecule has 10 heterocycles. The first-order chi connectivity index (χ1) is 24.2. The lowest BCUT2D eigenvalue weighted by atomic mass is 9.84. The minimum absolute atomic E-state index is 0.0223. The van der Waals surface area contributed by atoms with E-state index in [0.717, 1.165) is 49.7 Å². The van der Waals surface area contributed by atoms with Crippen molar-refractivity contribution >= 4 is 5.97 Å². The van der Waals surface area contributed by atoms with Crippen LogP contribution in [0, 0.1) is 5.92 Å². The standard InChI is InChI=1S/C38H54O12/c1-18-13-21-5-7-24-19(2)14-23(42-24)9-11-38-17-29-34(49-38)35-36(47-29)37(50-38)32-25(46-35)8-6-22(44-32)15-30(40)48-33-28(16-27(43-21)20(18)3)45-26(10-12-39)31(33)41-4/h18,21-29,31-37,39H,2-3,5-17H2,1,4H3/t18-,21+,22-,23+,24+,25+,26+,27-,28+,29+,31+,32+,33+,34+,35?,36-,37+,38+/m1/s1. The summed E-state index contributed by atoms with van der Waals surface area (Å²) in [5, 5.41) is 9.83. The SMILES string of the molecule is C=C1C[C@@H]2CC[C@@]34C[C@@H]5O[C@@H]6C(O[C@H]7CC[C@H](CC(=O)O[C@@H]8[C@@H](OC)[C@H](CCO)O[C@H]8C[C@H]8O[C@@H](CC[C@@H]1O2)C[C@@H](C)C8=C)O[C@@H]7[C@@H]6O3)[C@H]5O4. The first-order valence-corrected chi connectivity index (χ1v) is 19.2. The van der Waals surface area contributed by atoms with Gasteiger partial charge in [-0.25, -0.2) is 0 Å². The molecule has 12 bridgehead atoms. The van der Waals surface area contributed by atoms with Crippen LogP contribution in [0.4, 0.5) is 0 Å². The predicted octanol–water partition coefficient (Wildman–Crippen LogP) is 3.45. The van der Waals surface area contributed by atoms with Gasteiger partial charge in [0.2, 0.25) is 0 Å². The highest BCUT2D eigenvalue weighted by molar-refractivity contribution is 5.70. The Kier molecular flexibility index (Phi) is 9.23. The summed E-state index contributed by atoms with van der Waals surface area (Å²) in [6, 6.07) is 0. The smallest absolute Gasteiger partial charge is 0.308 e. The Hall–Kier alpha value is -1.45. The van der Waals surface area contributed by atoms with Crippen molar-refractivity contribution in [3.05, 3.63) is 24.3 Å². The van der Waals surface area contributed by atoms with E-state index in [1.165, 1.54) is 0 Å². The van der Waals surface area contributed by atoms with Crippen molar-refractivity contribution in [1.29, 1.82) is 0 Å². The predicted molar refractivity (Wildman–Crippen MR) is 175 cm³/mol. The van der Waals surface area contributed by atoms with Gasteiger partial charge >= 0.3 is 5.97 Å². The van der Waals surface area contributed by atoms with Gasteiger partial charge in [-0.1, -0.05) is 20.1 Å². The Morgan fingerprint density at radius 3 is 2.36 bits per heavy atom. The zero-order valence-corrected chi connectivity index (χ0v) is 29.4. The van der Waals surface area contributed by atoms with Gasteiger partial charge in [0.1, 0.15) is 42.7 Å². The van der Waals surface area contributed by atoms with Gasteiger partial charge in [0.15, 0.2) is 11.9 Å². The van der Waals surface area contributed by atoms with Crippen LogP contribution in [0.5, 0.6) is 0 Å². The van der Waals surface area contributed by atoms with E-state index in [-0.39, 0.29) is 92.1 Å². The maximum absolute atomic E-state index is 13.7. The van der Waals surface area contributed by atoms with Crippen molar-refractivity contribution in [2.45, 2.75) is 187 Å². The summed E-state index contributed by atoms with van der Waals surface area (Å²) in [6.07, 6.45) is 3.51. The molecular weight excluding hydrogens is 648 g/mol. The molecule has 50 heavy (non-hydrogen) atoms. The molecule has 1 unspecified atom stereocenters. The fraction of sp³-hybridized carbons (Fsp3) is 0.868. The fourth-order valence-corrected chi connectivity index (χ4v) is 10.6. The summed E-state index contributed by atoms with van der Waals surface area (Å²) in [4.78, 5) is 13.7. The molecule has 1 N–H and O–H groups in total. The van der Waals surface area contributed by atoms with E-state index in [0.29, 0.717) is 32.1 Å². The molecule has 18 atom stereocenters. The normalized spacial score (nSPS) is 53.2. The summed E-state index contributed by atoms with van der Waals surface area (Å²) in [5.74, 6) is -0.905. The lowest BCUT2D eigenvalue weighted by Crippen LogP contribution is -2.61. The molecule has 12 heteroatoms. The van der Waals surface area contributed by atoms with Crippen molar-refractivity contribution in [2.75, 3.05) is 13.7 Å². The molecule has 10 saturated heterocycles. The number of aliphatic hydroxyl groups is 1. The number of aliphatic hydroxyl groups excluding tert-OH is 1. The number of carbonyl (C=O) groups excluding carboxylic acids is 1. The van der Waals surface area contributed by atoms with E-state index >= 15 is 0 Å². The second-order valence-corrected chi connectivity index (χ2v) is 16.4. The topological polar surface area (TPSA) is 130 Å². The number of esters is 1. The van der Waals surface area contributed by atoms with Gasteiger partial charge in [-0.2, -0.15) is 0 Å². The second-order valence-electron chi connectivity index (χ2n) is 16.4. The molecule has 0 aliphatic carbocycles. The van der Waals surface area contributed by atoms with Crippen LogP contribution in [0.25, 0.3) is 0 Å². The quantitative estimate of drug-likeness (QED) is 0.342. The largest absolute Gasteiger partial charge is 0.457 e. The summed E-state index contributed by atoms with van der Waals surface area (Å²) in [7, 11) is 1.60. The Balaban J connectivity index is 0.994. The number of carbonyl (C=O) groups is 1. The zero-order chi connectivity index (χ0) is 34.3. The Morgan fingerprint density at radius 2 is 1.52 bits per heavy atom. The van der Waals surface area contributed by atoms with E-state index in [4.69, 9.17) is 47.4 Å². The lowest BCUT2D eigenvalue weighted by molar-refractivity contribution is -0.293. The first kappa shape index (κ1) is 34.3. The van der Waals surface area contributed by atoms with Gasteiger partial charge in [0.25, 0.3) is 0 Å². The second kappa shape index (κ2) is 13.4. The van der Waals surface area contributed by atoms with E-state index in [1.54, 1.807) is 7.11 Å². The highest BCUT2D eigenvalue weighted by atomic mass is 16.8. The molecule has 0 radical (unpaired) electrons. The molecule has 10 aliphatic heterocycles. The highest BCUT2D eigenvalue weighted by Crippen LogP contribution is 2.54. The van der Waals surface area contributed by atoms with Crippen LogP contribution in [0.15, 0.2) is 24.3 Å². The molecule has 278 valence electrons. The van der Waals surface area contributed by atoms with Crippen LogP contribution in [0.3, 0.4) is 0 Å². The third-order valence-electron chi connectivity index (χ3n) is 13.1. The highest BCUT2D eigenvalue weighted by Gasteiger charge is 2.68. The Labute approximate surface area is 294 Å². The van der Waals surface area contributed by atoms with E-state index in [9.17, 15) is 9.90 Å². The van der Waals surface area contributed by atoms with Gasteiger partial charge in [0.05, 0.1) is 55.3 Å². The average Bonchev–Trinajstić information content (AvgIpc) is 3.76. The third-order valence-corrected chi connectivity index (χ3v) is 13.1. The maximum Gasteiger partial charge on any atom is 0.308 e. The third kappa shape index (κ3) is 6.03. The van der Waals surface area contributed by atoms with Gasteiger partial charge in [-0.05, 0) is 68.4 Å². The number of methoxy groups -OCH3 is 1. The van der Waals surface area contributed by atoms with Crippen LogP contribution in [-0.2, 0) is 52.2 Å². The number of rotatable bonds is 3. The van der Waals surface area contributed by atoms with Crippen LogP contribution in [-0.4, -0.2) is 128 Å². The molecule has 0 amide bonds. The van der Waals surface area contributed by atoms with Crippen LogP contribution >= 0.6 is 0 Å². The summed E-state index contributed by atoms with van der Waals surface area (Å²) in [6.45, 7) is 11.0. The van der Waals surface area contributed by atoms with Crippen molar-refractivity contribution in [1.82, 2.24) is 0 Å². The molecule has 0 saturated carbocycles. The molecule has 10 fully saturated rings. The monoisotopic (exact) mass is 702 g/mol. The molecule has 10 aliphatic rings. The molecular formula is C38H54O12. The minimum Gasteiger partial charge on any atom is -0.457 e. The van der Waals surface area contributed by atoms with E-state index < -0.39 is 36.3 Å². The summed E-state index contributed by atoms with van der Waals surface area (Å²) >= 11 is 0. The Bertz CT molecular complexity index is 1320. The van der Waals surface area contributed by atoms with E-state index in [1.807, 2.05) is 0 Å². The van der Waals surface area contributed by atoms with Crippen molar-refractivity contribution in [3.63, 3.8) is 0 Å². The van der Waals surface area contributed by atoms with E-state index in [2.05, 4.69) is 20.1 Å². The number of fused-ring (bicyclic) bond motifs is 6. The van der Waals surface area contributed by atoms with Crippen molar-refractivity contribution in [3.8, 4) is 0 Å². The fourth-order valence-electron chi connectivity index (χ4n) is 10.6. The van der Waals surface area contributed by atoms with Gasteiger partial charge in [0, 0.05) is 33.0 Å². The van der Waals surface area contributed by atoms with Crippen molar-refractivity contribution < 1.29 is 57.3 Å². The summed E-state index contributed by atoms with van der Waals surface area (Å²) in [5.41, 5.74) is 2.15. The van der Waals surface area contributed by atoms with Crippen LogP contribution in [0.2, 0.25) is 0 Å². The summed E-state index contributed by atoms with van der Waals surface area (Å²) < 4.78 is 65.5. The van der Waals surface area contributed by atoms with Crippen LogP contribution < -0.4 is 0 Å². The zero-order valence-electron chi connectivity index (χ0n) is 29.4. The van der Waals surface area contributed by atoms with Crippen molar-refractivity contribution in [2.24, 2.45) is 5.92 Å². The lowest BCUT2D eigenvalue weighted by Gasteiger charge is -2.47. The molecule has 0 aromatic carbocycles. The van der Waals surface area contributed by atoms with Gasteiger partial charge in [-0.15, -0.1) is 0 Å². The molecule has 1 spiro atoms. The maximum atomic E-state index is 13.7. The minimum atomic E-state index is -0.794. The average molecular weight is 703 g/mol. The first-order valence-electron chi connectivity index (χ1n) is 19.2. The molecule has 0 aromatic heterocycles.